The fourth-order valence-electron chi connectivity index (χ4n) is 4.50. The number of ketones is 1. The molecular weight excluding hydrogens is 589 g/mol. The van der Waals surface area contributed by atoms with Gasteiger partial charge in [0, 0.05) is 37.7 Å². The van der Waals surface area contributed by atoms with E-state index in [9.17, 15) is 9.59 Å². The first kappa shape index (κ1) is 27.5. The number of halogens is 2. The van der Waals surface area contributed by atoms with E-state index in [1.165, 1.54) is 12.1 Å². The monoisotopic (exact) mass is 609 g/mol. The van der Waals surface area contributed by atoms with Crippen LogP contribution < -0.4 is 11.1 Å². The lowest BCUT2D eigenvalue weighted by Crippen LogP contribution is -2.12. The molecule has 3 aromatic carbocycles. The van der Waals surface area contributed by atoms with E-state index in [0.29, 0.717) is 43.3 Å². The Morgan fingerprint density at radius 2 is 1.69 bits per heavy atom. The summed E-state index contributed by atoms with van der Waals surface area (Å²) in [6, 6.07) is 25.9. The van der Waals surface area contributed by atoms with E-state index in [0.717, 1.165) is 21.8 Å². The molecule has 3 aromatic heterocycles. The molecule has 5 nitrogen and oxygen atoms in total. The van der Waals surface area contributed by atoms with E-state index in [4.69, 9.17) is 22.3 Å². The fraction of sp³-hybridized carbons (Fsp3) is 0. The van der Waals surface area contributed by atoms with Crippen molar-refractivity contribution in [3.63, 3.8) is 0 Å². The van der Waals surface area contributed by atoms with Crippen molar-refractivity contribution in [3.8, 4) is 22.4 Å². The minimum Gasteiger partial charge on any atom is -0.397 e. The predicted octanol–water partition coefficient (Wildman–Crippen LogP) is 9.21. The number of rotatable bonds is 7. The number of nitrogen functional groups attached to an aromatic ring is 1. The van der Waals surface area contributed by atoms with Gasteiger partial charge in [-0.15, -0.1) is 22.7 Å². The summed E-state index contributed by atoms with van der Waals surface area (Å²) in [5.41, 5.74) is 10.0. The van der Waals surface area contributed by atoms with Gasteiger partial charge in [-0.25, -0.2) is 9.37 Å². The third-order valence-corrected chi connectivity index (χ3v) is 8.77. The number of anilines is 2. The number of nitrogens with one attached hydrogen (secondary N) is 1. The van der Waals surface area contributed by atoms with Crippen LogP contribution in [0.4, 0.5) is 15.8 Å². The number of fused-ring (bicyclic) bond motifs is 1. The van der Waals surface area contributed by atoms with Crippen molar-refractivity contribution in [1.82, 2.24) is 4.98 Å². The number of amides is 1. The van der Waals surface area contributed by atoms with E-state index < -0.39 is 11.7 Å². The average molecular weight is 610 g/mol. The molecule has 3 N–H and O–H groups in total. The Kier molecular flexibility index (Phi) is 7.67. The van der Waals surface area contributed by atoms with Crippen LogP contribution in [-0.2, 0) is 0 Å². The number of nitrogens with zero attached hydrogens (tertiary/aromatic N) is 1. The van der Waals surface area contributed by atoms with Crippen LogP contribution in [0.25, 0.3) is 38.7 Å². The van der Waals surface area contributed by atoms with Gasteiger partial charge >= 0.3 is 0 Å². The van der Waals surface area contributed by atoms with Crippen molar-refractivity contribution >= 4 is 73.6 Å². The Hall–Kier alpha value is -4.63. The molecule has 9 heteroatoms. The summed E-state index contributed by atoms with van der Waals surface area (Å²) < 4.78 is 15.0. The predicted molar refractivity (Wildman–Crippen MR) is 172 cm³/mol. The molecule has 206 valence electrons. The lowest BCUT2D eigenvalue weighted by atomic mass is 9.99. The van der Waals surface area contributed by atoms with Crippen LogP contribution in [0, 0.1) is 5.82 Å². The molecule has 0 unspecified atom stereocenters. The number of benzene rings is 3. The normalized spacial score (nSPS) is 11.3. The number of nitrogens with two attached hydrogens (primary N) is 1. The van der Waals surface area contributed by atoms with Gasteiger partial charge < -0.3 is 11.1 Å². The maximum Gasteiger partial charge on any atom is 0.267 e. The highest BCUT2D eigenvalue weighted by Crippen LogP contribution is 2.42. The molecule has 0 aliphatic carbocycles. The molecule has 0 saturated heterocycles. The molecule has 0 fully saturated rings. The first-order chi connectivity index (χ1) is 20.4. The van der Waals surface area contributed by atoms with Gasteiger partial charge in [0.1, 0.15) is 15.5 Å². The number of hydrogen-bond donors (Lipinski definition) is 2. The quantitative estimate of drug-likeness (QED) is 0.140. The van der Waals surface area contributed by atoms with Crippen LogP contribution in [0.2, 0.25) is 5.02 Å². The smallest absolute Gasteiger partial charge is 0.267 e. The fourth-order valence-corrected chi connectivity index (χ4v) is 6.26. The summed E-state index contributed by atoms with van der Waals surface area (Å²) in [7, 11) is 0. The molecule has 0 aliphatic heterocycles. The van der Waals surface area contributed by atoms with Gasteiger partial charge in [0.2, 0.25) is 0 Å². The molecule has 6 aromatic rings. The highest BCUT2D eigenvalue weighted by atomic mass is 35.5. The topological polar surface area (TPSA) is 85.1 Å². The summed E-state index contributed by atoms with van der Waals surface area (Å²) in [5.74, 6) is -0.985. The van der Waals surface area contributed by atoms with Crippen LogP contribution in [0.5, 0.6) is 0 Å². The van der Waals surface area contributed by atoms with Crippen LogP contribution >= 0.6 is 34.3 Å². The van der Waals surface area contributed by atoms with Gasteiger partial charge in [-0.2, -0.15) is 0 Å². The van der Waals surface area contributed by atoms with Gasteiger partial charge in [0.25, 0.3) is 5.91 Å². The van der Waals surface area contributed by atoms with Gasteiger partial charge in [-0.3, -0.25) is 9.59 Å². The standard InChI is InChI=1S/C33H21ClFN3O2S2/c34-21-11-7-19(8-12-21)27-18-25(24-5-1-2-6-26(24)35)29-30(36)31(42-33(29)38-27)32(40)37-22-13-9-20(10-14-22)28(39)16-15-23-4-3-17-41-23/h1-18H,36H2,(H,37,40). The summed E-state index contributed by atoms with van der Waals surface area (Å²) in [6.07, 6.45) is 3.30. The zero-order valence-corrected chi connectivity index (χ0v) is 24.2. The maximum absolute atomic E-state index is 15.0. The van der Waals surface area contributed by atoms with E-state index >= 15 is 4.39 Å². The van der Waals surface area contributed by atoms with Crippen molar-refractivity contribution in [3.05, 3.63) is 129 Å². The molecule has 6 rings (SSSR count). The summed E-state index contributed by atoms with van der Waals surface area (Å²) in [5, 5.41) is 5.89. The second kappa shape index (κ2) is 11.7. The minimum absolute atomic E-state index is 0.140. The van der Waals surface area contributed by atoms with Gasteiger partial charge in [0.05, 0.1) is 11.4 Å². The van der Waals surface area contributed by atoms with Crippen molar-refractivity contribution in [2.24, 2.45) is 0 Å². The van der Waals surface area contributed by atoms with Gasteiger partial charge in [0.15, 0.2) is 5.78 Å². The third kappa shape index (κ3) is 5.60. The Bertz CT molecular complexity index is 1970. The molecule has 0 aliphatic rings. The Balaban J connectivity index is 1.33. The second-order valence-electron chi connectivity index (χ2n) is 9.31. The SMILES string of the molecule is Nc1c(C(=O)Nc2ccc(C(=O)C=Cc3cccs3)cc2)sc2nc(-c3ccc(Cl)cc3)cc(-c3ccccc3F)c12. The van der Waals surface area contributed by atoms with Crippen molar-refractivity contribution in [2.75, 3.05) is 11.1 Å². The van der Waals surface area contributed by atoms with Crippen molar-refractivity contribution in [1.29, 1.82) is 0 Å². The van der Waals surface area contributed by atoms with E-state index in [1.807, 2.05) is 29.6 Å². The number of allylic oxidation sites excluding steroid dienone is 1. The first-order valence-electron chi connectivity index (χ1n) is 12.8. The minimum atomic E-state index is -0.431. The van der Waals surface area contributed by atoms with Crippen LogP contribution in [0.3, 0.4) is 0 Å². The van der Waals surface area contributed by atoms with Gasteiger partial charge in [-0.05, 0) is 77.7 Å². The molecule has 0 atom stereocenters. The highest BCUT2D eigenvalue weighted by molar-refractivity contribution is 7.21. The average Bonchev–Trinajstić information content (AvgIpc) is 3.64. The molecule has 0 radical (unpaired) electrons. The lowest BCUT2D eigenvalue weighted by Gasteiger charge is -2.10. The summed E-state index contributed by atoms with van der Waals surface area (Å²) >= 11 is 8.76. The molecule has 0 bridgehead atoms. The largest absolute Gasteiger partial charge is 0.397 e. The van der Waals surface area contributed by atoms with Crippen LogP contribution in [0.15, 0.2) is 102 Å². The number of carbonyl (C=O) groups is 2. The summed E-state index contributed by atoms with van der Waals surface area (Å²) in [4.78, 5) is 32.4. The highest BCUT2D eigenvalue weighted by Gasteiger charge is 2.23. The molecule has 3 heterocycles. The molecule has 1 amide bonds. The van der Waals surface area contributed by atoms with Crippen molar-refractivity contribution in [2.45, 2.75) is 0 Å². The number of carbonyl (C=O) groups excluding carboxylic acids is 2. The van der Waals surface area contributed by atoms with E-state index in [2.05, 4.69) is 5.32 Å². The van der Waals surface area contributed by atoms with E-state index in [1.54, 1.807) is 78.1 Å². The lowest BCUT2D eigenvalue weighted by molar-refractivity contribution is 0.102. The molecular formula is C33H21ClFN3O2S2. The molecule has 0 saturated carbocycles. The zero-order valence-electron chi connectivity index (χ0n) is 21.8. The van der Waals surface area contributed by atoms with E-state index in [-0.39, 0.29) is 16.3 Å². The summed E-state index contributed by atoms with van der Waals surface area (Å²) in [6.45, 7) is 0. The zero-order chi connectivity index (χ0) is 29.2. The maximum atomic E-state index is 15.0. The number of aromatic nitrogens is 1. The second-order valence-corrected chi connectivity index (χ2v) is 11.7. The molecule has 0 spiro atoms. The third-order valence-electron chi connectivity index (χ3n) is 6.58. The molecule has 42 heavy (non-hydrogen) atoms. The number of hydrogen-bond acceptors (Lipinski definition) is 6. The van der Waals surface area contributed by atoms with Gasteiger partial charge in [-0.1, -0.05) is 48.0 Å². The van der Waals surface area contributed by atoms with Crippen molar-refractivity contribution < 1.29 is 14.0 Å². The number of pyridine rings is 1. The number of thiophene rings is 2. The Morgan fingerprint density at radius 3 is 2.40 bits per heavy atom. The van der Waals surface area contributed by atoms with Crippen LogP contribution in [-0.4, -0.2) is 16.7 Å². The Labute approximate surface area is 253 Å². The van der Waals surface area contributed by atoms with Crippen LogP contribution in [0.1, 0.15) is 24.9 Å². The Morgan fingerprint density at radius 1 is 0.929 bits per heavy atom. The first-order valence-corrected chi connectivity index (χ1v) is 14.9.